The Hall–Kier alpha value is -3.61. The molecule has 0 atom stereocenters. The molecule has 0 unspecified atom stereocenters. The number of hydrogen-bond acceptors (Lipinski definition) is 5. The molecule has 0 aliphatic heterocycles. The fourth-order valence-corrected chi connectivity index (χ4v) is 2.49. The third-order valence-electron chi connectivity index (χ3n) is 3.77. The molecule has 7 heteroatoms. The first kappa shape index (κ1) is 18.2. The number of ether oxygens (including phenoxy) is 2. The number of carbonyl (C=O) groups excluding carboxylic acids is 1. The molecular formula is C20H20N4O3. The van der Waals surface area contributed by atoms with Gasteiger partial charge in [0, 0.05) is 11.1 Å². The first-order chi connectivity index (χ1) is 13.2. The average Bonchev–Trinajstić information content (AvgIpc) is 3.19. The summed E-state index contributed by atoms with van der Waals surface area (Å²) in [6, 6.07) is 16.6. The number of carbonyl (C=O) groups is 1. The number of methoxy groups -OCH3 is 1. The van der Waals surface area contributed by atoms with Crippen LogP contribution in [0.1, 0.15) is 23.0 Å². The number of aromatic amines is 1. The van der Waals surface area contributed by atoms with Gasteiger partial charge < -0.3 is 9.47 Å². The van der Waals surface area contributed by atoms with Crippen molar-refractivity contribution in [2.75, 3.05) is 13.7 Å². The third-order valence-corrected chi connectivity index (χ3v) is 3.77. The van der Waals surface area contributed by atoms with E-state index in [1.54, 1.807) is 13.2 Å². The zero-order valence-corrected chi connectivity index (χ0v) is 15.1. The van der Waals surface area contributed by atoms with E-state index in [4.69, 9.17) is 9.47 Å². The van der Waals surface area contributed by atoms with Crippen LogP contribution in [0.4, 0.5) is 0 Å². The highest BCUT2D eigenvalue weighted by Gasteiger charge is 2.11. The molecule has 7 nitrogen and oxygen atoms in total. The van der Waals surface area contributed by atoms with Gasteiger partial charge in [-0.25, -0.2) is 5.43 Å². The summed E-state index contributed by atoms with van der Waals surface area (Å²) < 4.78 is 10.7. The van der Waals surface area contributed by atoms with Gasteiger partial charge in [-0.1, -0.05) is 24.3 Å². The lowest BCUT2D eigenvalue weighted by molar-refractivity contribution is 0.0950. The highest BCUT2D eigenvalue weighted by molar-refractivity contribution is 5.94. The molecule has 0 aliphatic carbocycles. The summed E-state index contributed by atoms with van der Waals surface area (Å²) in [6.07, 6.45) is 1.53. The number of nitrogens with zero attached hydrogens (tertiary/aromatic N) is 2. The van der Waals surface area contributed by atoms with Gasteiger partial charge in [0.15, 0.2) is 0 Å². The second-order valence-corrected chi connectivity index (χ2v) is 5.57. The van der Waals surface area contributed by atoms with E-state index in [-0.39, 0.29) is 5.91 Å². The van der Waals surface area contributed by atoms with Crippen molar-refractivity contribution in [2.24, 2.45) is 5.10 Å². The highest BCUT2D eigenvalue weighted by atomic mass is 16.5. The van der Waals surface area contributed by atoms with Crippen molar-refractivity contribution < 1.29 is 14.3 Å². The number of aromatic nitrogens is 2. The van der Waals surface area contributed by atoms with Gasteiger partial charge in [-0.2, -0.15) is 10.2 Å². The molecule has 1 heterocycles. The summed E-state index contributed by atoms with van der Waals surface area (Å²) >= 11 is 0. The molecule has 0 fully saturated rings. The number of H-pyrrole nitrogens is 1. The number of amides is 1. The van der Waals surface area contributed by atoms with Crippen LogP contribution < -0.4 is 14.9 Å². The van der Waals surface area contributed by atoms with Crippen molar-refractivity contribution >= 4 is 12.1 Å². The van der Waals surface area contributed by atoms with Gasteiger partial charge >= 0.3 is 0 Å². The van der Waals surface area contributed by atoms with E-state index in [1.165, 1.54) is 6.21 Å². The van der Waals surface area contributed by atoms with Crippen LogP contribution in [0.2, 0.25) is 0 Å². The topological polar surface area (TPSA) is 88.6 Å². The molecule has 3 aromatic rings. The maximum Gasteiger partial charge on any atom is 0.289 e. The van der Waals surface area contributed by atoms with E-state index in [1.807, 2.05) is 55.5 Å². The number of benzene rings is 2. The van der Waals surface area contributed by atoms with Gasteiger partial charge in [-0.15, -0.1) is 0 Å². The molecule has 138 valence electrons. The average molecular weight is 364 g/mol. The first-order valence-electron chi connectivity index (χ1n) is 8.46. The van der Waals surface area contributed by atoms with E-state index in [2.05, 4.69) is 20.7 Å². The molecule has 0 radical (unpaired) electrons. The lowest BCUT2D eigenvalue weighted by Gasteiger charge is -2.03. The number of rotatable bonds is 7. The van der Waals surface area contributed by atoms with Crippen LogP contribution in [-0.4, -0.2) is 36.0 Å². The monoisotopic (exact) mass is 364 g/mol. The molecular weight excluding hydrogens is 344 g/mol. The summed E-state index contributed by atoms with van der Waals surface area (Å²) in [5.74, 6) is 1.04. The summed E-state index contributed by atoms with van der Waals surface area (Å²) in [6.45, 7) is 2.51. The van der Waals surface area contributed by atoms with Crippen molar-refractivity contribution in [2.45, 2.75) is 6.92 Å². The van der Waals surface area contributed by atoms with Gasteiger partial charge in [0.05, 0.1) is 25.6 Å². The Morgan fingerprint density at radius 1 is 1.22 bits per heavy atom. The van der Waals surface area contributed by atoms with Crippen LogP contribution in [0.15, 0.2) is 59.7 Å². The minimum absolute atomic E-state index is 0.309. The van der Waals surface area contributed by atoms with Gasteiger partial charge in [0.1, 0.15) is 17.2 Å². The fourth-order valence-electron chi connectivity index (χ4n) is 2.49. The molecule has 0 bridgehead atoms. The van der Waals surface area contributed by atoms with Crippen molar-refractivity contribution in [1.29, 1.82) is 0 Å². The lowest BCUT2D eigenvalue weighted by atomic mass is 10.1. The first-order valence-corrected chi connectivity index (χ1v) is 8.46. The van der Waals surface area contributed by atoms with Crippen LogP contribution in [0, 0.1) is 0 Å². The standard InChI is InChI=1S/C20H20N4O3/c1-3-27-16-9-6-8-14(11-16)17-12-18(23-22-17)20(25)24-21-13-15-7-4-5-10-19(15)26-2/h4-13H,3H2,1-2H3,(H,22,23)(H,24,25)/b21-13-. The van der Waals surface area contributed by atoms with E-state index >= 15 is 0 Å². The zero-order valence-electron chi connectivity index (χ0n) is 15.1. The van der Waals surface area contributed by atoms with Gasteiger partial charge in [-0.05, 0) is 37.3 Å². The fraction of sp³-hybridized carbons (Fsp3) is 0.150. The van der Waals surface area contributed by atoms with E-state index in [0.717, 1.165) is 16.9 Å². The van der Waals surface area contributed by atoms with Crippen LogP contribution in [0.25, 0.3) is 11.3 Å². The molecule has 0 spiro atoms. The Kier molecular flexibility index (Phi) is 5.84. The summed E-state index contributed by atoms with van der Waals surface area (Å²) in [5, 5.41) is 10.9. The Balaban J connectivity index is 1.68. The zero-order chi connectivity index (χ0) is 19.1. The number of para-hydroxylation sites is 1. The minimum Gasteiger partial charge on any atom is -0.496 e. The molecule has 1 amide bonds. The van der Waals surface area contributed by atoms with Crippen LogP contribution in [0.3, 0.4) is 0 Å². The quantitative estimate of drug-likeness (QED) is 0.497. The van der Waals surface area contributed by atoms with Gasteiger partial charge in [-0.3, -0.25) is 9.89 Å². The van der Waals surface area contributed by atoms with E-state index < -0.39 is 0 Å². The van der Waals surface area contributed by atoms with Crippen LogP contribution in [-0.2, 0) is 0 Å². The molecule has 2 aromatic carbocycles. The summed E-state index contributed by atoms with van der Waals surface area (Å²) in [7, 11) is 1.58. The van der Waals surface area contributed by atoms with Crippen molar-refractivity contribution in [3.8, 4) is 22.8 Å². The second kappa shape index (κ2) is 8.66. The maximum atomic E-state index is 12.3. The summed E-state index contributed by atoms with van der Waals surface area (Å²) in [5.41, 5.74) is 5.05. The molecule has 2 N–H and O–H groups in total. The predicted octanol–water partition coefficient (Wildman–Crippen LogP) is 3.25. The van der Waals surface area contributed by atoms with Crippen molar-refractivity contribution in [3.63, 3.8) is 0 Å². The molecule has 0 saturated carbocycles. The summed E-state index contributed by atoms with van der Waals surface area (Å²) in [4.78, 5) is 12.3. The molecule has 27 heavy (non-hydrogen) atoms. The van der Waals surface area contributed by atoms with Crippen molar-refractivity contribution in [1.82, 2.24) is 15.6 Å². The molecule has 0 saturated heterocycles. The predicted molar refractivity (Wildman–Crippen MR) is 103 cm³/mol. The Morgan fingerprint density at radius 2 is 2.07 bits per heavy atom. The largest absolute Gasteiger partial charge is 0.496 e. The smallest absolute Gasteiger partial charge is 0.289 e. The highest BCUT2D eigenvalue weighted by Crippen LogP contribution is 2.22. The third kappa shape index (κ3) is 4.52. The lowest BCUT2D eigenvalue weighted by Crippen LogP contribution is -2.18. The van der Waals surface area contributed by atoms with Gasteiger partial charge in [0.2, 0.25) is 0 Å². The van der Waals surface area contributed by atoms with Crippen molar-refractivity contribution in [3.05, 3.63) is 65.9 Å². The normalized spacial score (nSPS) is 10.7. The van der Waals surface area contributed by atoms with Crippen LogP contribution >= 0.6 is 0 Å². The van der Waals surface area contributed by atoms with Crippen LogP contribution in [0.5, 0.6) is 11.5 Å². The molecule has 0 aliphatic rings. The Labute approximate surface area is 157 Å². The number of hydrogen-bond donors (Lipinski definition) is 2. The van der Waals surface area contributed by atoms with E-state index in [0.29, 0.717) is 23.7 Å². The Bertz CT molecular complexity index is 950. The molecule has 3 rings (SSSR count). The maximum absolute atomic E-state index is 12.3. The number of hydrazone groups is 1. The molecule has 1 aromatic heterocycles. The van der Waals surface area contributed by atoms with Gasteiger partial charge in [0.25, 0.3) is 5.91 Å². The Morgan fingerprint density at radius 3 is 2.89 bits per heavy atom. The number of nitrogens with one attached hydrogen (secondary N) is 2. The second-order valence-electron chi connectivity index (χ2n) is 5.57. The minimum atomic E-state index is -0.388. The van der Waals surface area contributed by atoms with E-state index in [9.17, 15) is 4.79 Å². The SMILES string of the molecule is CCOc1cccc(-c2cc(C(=O)N/N=C\c3ccccc3OC)[nH]n2)c1.